The van der Waals surface area contributed by atoms with Gasteiger partial charge in [0, 0.05) is 17.1 Å². The van der Waals surface area contributed by atoms with Gasteiger partial charge in [-0.25, -0.2) is 9.97 Å². The van der Waals surface area contributed by atoms with E-state index in [1.165, 1.54) is 10.9 Å². The van der Waals surface area contributed by atoms with Crippen molar-refractivity contribution in [1.29, 1.82) is 0 Å². The van der Waals surface area contributed by atoms with Crippen molar-refractivity contribution in [3.63, 3.8) is 0 Å². The molecular weight excluding hydrogens is 493 g/mol. The topological polar surface area (TPSA) is 102 Å². The molecule has 0 aliphatic heterocycles. The fourth-order valence-electron chi connectivity index (χ4n) is 3.20. The predicted molar refractivity (Wildman–Crippen MR) is 119 cm³/mol. The summed E-state index contributed by atoms with van der Waals surface area (Å²) in [7, 11) is 0. The quantitative estimate of drug-likeness (QED) is 0.490. The Bertz CT molecular complexity index is 1240. The maximum atomic E-state index is 13.1. The van der Waals surface area contributed by atoms with E-state index in [-0.39, 0.29) is 16.5 Å². The van der Waals surface area contributed by atoms with Gasteiger partial charge >= 0.3 is 6.18 Å². The van der Waals surface area contributed by atoms with Gasteiger partial charge in [0.05, 0.1) is 17.8 Å². The Morgan fingerprint density at radius 3 is 2.68 bits per heavy atom. The van der Waals surface area contributed by atoms with Gasteiger partial charge in [-0.05, 0) is 50.8 Å². The maximum Gasteiger partial charge on any atom is 0.416 e. The number of halogens is 4. The summed E-state index contributed by atoms with van der Waals surface area (Å²) in [6.07, 6.45) is -0.967. The molecule has 2 amide bonds. The number of amides is 2. The number of carbonyl (C=O) groups excluding carboxylic acids is 2. The van der Waals surface area contributed by atoms with Crippen LogP contribution in [0.5, 0.6) is 0 Å². The van der Waals surface area contributed by atoms with E-state index in [0.717, 1.165) is 42.4 Å². The Labute approximate surface area is 201 Å². The Kier molecular flexibility index (Phi) is 6.63. The highest BCUT2D eigenvalue weighted by atomic mass is 35.5. The molecule has 180 valence electrons. The van der Waals surface area contributed by atoms with E-state index in [4.69, 9.17) is 11.6 Å². The van der Waals surface area contributed by atoms with Gasteiger partial charge in [-0.3, -0.25) is 9.59 Å². The van der Waals surface area contributed by atoms with Crippen LogP contribution in [0.1, 0.15) is 63.0 Å². The zero-order valence-electron chi connectivity index (χ0n) is 18.1. The molecule has 0 radical (unpaired) electrons. The van der Waals surface area contributed by atoms with Gasteiger partial charge in [-0.15, -0.1) is 5.10 Å². The second-order valence-corrected chi connectivity index (χ2v) is 9.46. The summed E-state index contributed by atoms with van der Waals surface area (Å²) < 4.78 is 40.7. The van der Waals surface area contributed by atoms with Crippen molar-refractivity contribution in [3.8, 4) is 5.13 Å². The van der Waals surface area contributed by atoms with Crippen LogP contribution < -0.4 is 10.6 Å². The van der Waals surface area contributed by atoms with E-state index < -0.39 is 23.7 Å². The highest BCUT2D eigenvalue weighted by Gasteiger charge is 2.32. The molecule has 34 heavy (non-hydrogen) atoms. The zero-order valence-corrected chi connectivity index (χ0v) is 19.7. The molecule has 8 nitrogen and oxygen atoms in total. The van der Waals surface area contributed by atoms with Crippen LogP contribution in [0.15, 0.2) is 24.4 Å². The first kappa shape index (κ1) is 24.1. The van der Waals surface area contributed by atoms with Gasteiger partial charge in [0.2, 0.25) is 5.13 Å². The Morgan fingerprint density at radius 2 is 2.00 bits per heavy atom. The summed E-state index contributed by atoms with van der Waals surface area (Å²) in [5.41, 5.74) is -1.26. The average molecular weight is 513 g/mol. The van der Waals surface area contributed by atoms with Crippen molar-refractivity contribution in [1.82, 2.24) is 30.4 Å². The monoisotopic (exact) mass is 512 g/mol. The number of nitrogens with one attached hydrogen (secondary N) is 2. The normalized spacial score (nSPS) is 14.6. The lowest BCUT2D eigenvalue weighted by Gasteiger charge is -2.15. The number of rotatable bonds is 7. The van der Waals surface area contributed by atoms with Gasteiger partial charge in [0.1, 0.15) is 10.7 Å². The highest BCUT2D eigenvalue weighted by molar-refractivity contribution is 7.16. The van der Waals surface area contributed by atoms with E-state index in [0.29, 0.717) is 34.1 Å². The third-order valence-corrected chi connectivity index (χ3v) is 6.30. The zero-order chi connectivity index (χ0) is 24.6. The van der Waals surface area contributed by atoms with Crippen LogP contribution in [0.3, 0.4) is 0 Å². The minimum absolute atomic E-state index is 0.207. The summed E-state index contributed by atoms with van der Waals surface area (Å²) in [6, 6.07) is 1.90. The van der Waals surface area contributed by atoms with E-state index in [9.17, 15) is 22.8 Å². The Morgan fingerprint density at radius 1 is 1.26 bits per heavy atom. The first-order valence-corrected chi connectivity index (χ1v) is 11.6. The third kappa shape index (κ3) is 5.55. The van der Waals surface area contributed by atoms with Gasteiger partial charge < -0.3 is 10.6 Å². The molecule has 1 saturated carbocycles. The molecule has 1 unspecified atom stereocenters. The predicted octanol–water partition coefficient (Wildman–Crippen LogP) is 4.34. The maximum absolute atomic E-state index is 13.1. The lowest BCUT2D eigenvalue weighted by atomic mass is 10.1. The van der Waals surface area contributed by atoms with Gasteiger partial charge in [-0.2, -0.15) is 17.9 Å². The molecule has 2 aromatic heterocycles. The summed E-state index contributed by atoms with van der Waals surface area (Å²) in [4.78, 5) is 34.0. The molecule has 1 aliphatic rings. The van der Waals surface area contributed by atoms with Crippen LogP contribution in [0.4, 0.5) is 13.2 Å². The van der Waals surface area contributed by atoms with Crippen LogP contribution in [-0.2, 0) is 6.18 Å². The van der Waals surface area contributed by atoms with Crippen molar-refractivity contribution in [3.05, 3.63) is 57.1 Å². The number of aryl methyl sites for hydroxylation is 1. The number of carbonyl (C=O) groups is 2. The van der Waals surface area contributed by atoms with Crippen LogP contribution in [0.25, 0.3) is 5.13 Å². The van der Waals surface area contributed by atoms with E-state index >= 15 is 0 Å². The van der Waals surface area contributed by atoms with Gasteiger partial charge in [0.25, 0.3) is 11.8 Å². The molecule has 0 spiro atoms. The molecule has 1 aromatic carbocycles. The van der Waals surface area contributed by atoms with Crippen molar-refractivity contribution in [2.24, 2.45) is 5.92 Å². The lowest BCUT2D eigenvalue weighted by molar-refractivity contribution is -0.137. The Hall–Kier alpha value is -2.99. The number of thiazole rings is 1. The minimum Gasteiger partial charge on any atom is -0.351 e. The molecular formula is C21H20ClF3N6O2S. The number of hydrogen-bond acceptors (Lipinski definition) is 6. The number of benzene rings is 1. The first-order chi connectivity index (χ1) is 16.0. The number of alkyl halides is 3. The van der Waals surface area contributed by atoms with Crippen LogP contribution in [0.2, 0.25) is 5.02 Å². The fourth-order valence-corrected chi connectivity index (χ4v) is 4.22. The van der Waals surface area contributed by atoms with Crippen LogP contribution in [-0.4, -0.2) is 38.1 Å². The molecule has 1 fully saturated rings. The van der Waals surface area contributed by atoms with E-state index in [1.54, 1.807) is 13.8 Å². The summed E-state index contributed by atoms with van der Waals surface area (Å²) in [6.45, 7) is 3.89. The van der Waals surface area contributed by atoms with Crippen LogP contribution >= 0.6 is 22.9 Å². The molecule has 1 aliphatic carbocycles. The third-order valence-electron chi connectivity index (χ3n) is 5.11. The van der Waals surface area contributed by atoms with E-state index in [2.05, 4.69) is 25.7 Å². The van der Waals surface area contributed by atoms with Gasteiger partial charge in [-0.1, -0.05) is 22.9 Å². The van der Waals surface area contributed by atoms with Crippen molar-refractivity contribution >= 4 is 34.8 Å². The summed E-state index contributed by atoms with van der Waals surface area (Å²) >= 11 is 6.90. The minimum atomic E-state index is -4.64. The molecule has 4 rings (SSSR count). The number of hydrogen-bond donors (Lipinski definition) is 2. The smallest absolute Gasteiger partial charge is 0.351 e. The molecule has 0 saturated heterocycles. The molecule has 2 N–H and O–H groups in total. The molecule has 2 heterocycles. The number of aromatic nitrogens is 4. The fraction of sp³-hybridized carbons (Fsp3) is 0.381. The first-order valence-electron chi connectivity index (χ1n) is 10.4. The van der Waals surface area contributed by atoms with Crippen molar-refractivity contribution in [2.45, 2.75) is 38.9 Å². The van der Waals surface area contributed by atoms with Crippen LogP contribution in [0, 0.1) is 12.8 Å². The molecule has 3 aromatic rings. The molecule has 0 bridgehead atoms. The molecule has 1 atom stereocenters. The van der Waals surface area contributed by atoms with Gasteiger partial charge in [0.15, 0.2) is 5.82 Å². The second-order valence-electron chi connectivity index (χ2n) is 8.01. The second kappa shape index (κ2) is 9.34. The highest BCUT2D eigenvalue weighted by Crippen LogP contribution is 2.32. The average Bonchev–Trinajstić information content (AvgIpc) is 3.31. The van der Waals surface area contributed by atoms with Crippen molar-refractivity contribution < 1.29 is 22.8 Å². The molecule has 13 heteroatoms. The summed E-state index contributed by atoms with van der Waals surface area (Å²) in [5.74, 6) is 0.261. The van der Waals surface area contributed by atoms with Crippen molar-refractivity contribution in [2.75, 3.05) is 6.54 Å². The standard InChI is InChI=1S/C21H20ClF3N6O2S/c1-10(28-18(32)13-5-14(21(23,24)25)7-15(22)6-13)17-29-11(2)30-31(17)20-27-9-16(34-20)19(33)26-8-12-3-4-12/h5-7,9-10,12H,3-4,8H2,1-2H3,(H,26,33)(H,28,32). The SMILES string of the molecule is Cc1nc(C(C)NC(=O)c2cc(Cl)cc(C(F)(F)F)c2)n(-c2ncc(C(=O)NCC3CC3)s2)n1. The van der Waals surface area contributed by atoms with E-state index in [1.807, 2.05) is 0 Å². The Balaban J connectivity index is 1.52. The largest absolute Gasteiger partial charge is 0.416 e. The lowest BCUT2D eigenvalue weighted by Crippen LogP contribution is -2.29. The number of nitrogens with zero attached hydrogens (tertiary/aromatic N) is 4. The summed E-state index contributed by atoms with van der Waals surface area (Å²) in [5, 5.41) is 9.96.